The molecule has 0 radical (unpaired) electrons. The first kappa shape index (κ1) is 23.0. The minimum Gasteiger partial charge on any atom is -0.465 e. The maximum Gasteiger partial charge on any atom is 0.349 e. The van der Waals surface area contributed by atoms with Crippen LogP contribution < -0.4 is 5.32 Å². The summed E-state index contributed by atoms with van der Waals surface area (Å²) < 4.78 is 7.44. The first-order valence-corrected chi connectivity index (χ1v) is 12.1. The van der Waals surface area contributed by atoms with Gasteiger partial charge in [0.05, 0.1) is 34.6 Å². The number of nitrogens with zero attached hydrogens (tertiary/aromatic N) is 3. The molecule has 35 heavy (non-hydrogen) atoms. The number of aromatic nitrogens is 3. The van der Waals surface area contributed by atoms with Crippen molar-refractivity contribution < 1.29 is 14.3 Å². The molecule has 5 rings (SSSR count). The Balaban J connectivity index is 1.55. The number of rotatable bonds is 5. The van der Waals surface area contributed by atoms with Crippen LogP contribution in [0, 0.1) is 6.92 Å². The van der Waals surface area contributed by atoms with Gasteiger partial charge in [0.25, 0.3) is 5.91 Å². The fourth-order valence-electron chi connectivity index (χ4n) is 4.00. The molecule has 0 saturated heterocycles. The highest BCUT2D eigenvalue weighted by Crippen LogP contribution is 2.37. The predicted octanol–water partition coefficient (Wildman–Crippen LogP) is 6.33. The van der Waals surface area contributed by atoms with Crippen LogP contribution in [0.1, 0.15) is 32.6 Å². The zero-order valence-electron chi connectivity index (χ0n) is 19.3. The van der Waals surface area contributed by atoms with Crippen LogP contribution in [0.3, 0.4) is 0 Å². The second kappa shape index (κ2) is 9.13. The topological polar surface area (TPSA) is 86.1 Å². The molecule has 0 fully saturated rings. The zero-order valence-corrected chi connectivity index (χ0v) is 20.8. The first-order chi connectivity index (χ1) is 16.9. The third-order valence-corrected chi connectivity index (χ3v) is 7.40. The molecule has 3 heterocycles. The molecule has 0 unspecified atom stereocenters. The number of amides is 1. The van der Waals surface area contributed by atoms with E-state index >= 15 is 0 Å². The molecule has 0 atom stereocenters. The molecular formula is C26H21ClN4O3S. The van der Waals surface area contributed by atoms with Gasteiger partial charge in [-0.05, 0) is 44.2 Å². The highest BCUT2D eigenvalue weighted by Gasteiger charge is 2.19. The summed E-state index contributed by atoms with van der Waals surface area (Å²) in [6.07, 6.45) is 1.95. The normalized spacial score (nSPS) is 11.2. The number of fused-ring (bicyclic) bond motifs is 2. The number of carbonyl (C=O) groups is 2. The summed E-state index contributed by atoms with van der Waals surface area (Å²) in [4.78, 5) is 30.6. The fourth-order valence-corrected chi connectivity index (χ4v) is 5.46. The average Bonchev–Trinajstić information content (AvgIpc) is 3.41. The van der Waals surface area contributed by atoms with Gasteiger partial charge in [-0.2, -0.15) is 5.10 Å². The molecule has 5 aromatic rings. The van der Waals surface area contributed by atoms with Gasteiger partial charge >= 0.3 is 5.97 Å². The van der Waals surface area contributed by atoms with E-state index in [1.165, 1.54) is 18.4 Å². The molecule has 0 aliphatic rings. The summed E-state index contributed by atoms with van der Waals surface area (Å²) in [6, 6.07) is 14.7. The molecule has 7 nitrogen and oxygen atoms in total. The van der Waals surface area contributed by atoms with Gasteiger partial charge in [-0.25, -0.2) is 9.78 Å². The Morgan fingerprint density at radius 1 is 1.14 bits per heavy atom. The molecule has 0 spiro atoms. The fraction of sp³-hybridized carbons (Fsp3) is 0.154. The summed E-state index contributed by atoms with van der Waals surface area (Å²) in [6.45, 7) is 4.70. The Labute approximate surface area is 210 Å². The summed E-state index contributed by atoms with van der Waals surface area (Å²) in [7, 11) is 1.32. The number of thiophene rings is 1. The number of esters is 1. The van der Waals surface area contributed by atoms with Gasteiger partial charge in [0.1, 0.15) is 4.88 Å². The molecule has 176 valence electrons. The van der Waals surface area contributed by atoms with Crippen molar-refractivity contribution in [2.45, 2.75) is 20.4 Å². The third kappa shape index (κ3) is 4.15. The zero-order chi connectivity index (χ0) is 24.7. The van der Waals surface area contributed by atoms with Gasteiger partial charge < -0.3 is 10.1 Å². The Morgan fingerprint density at radius 3 is 2.69 bits per heavy atom. The predicted molar refractivity (Wildman–Crippen MR) is 140 cm³/mol. The van der Waals surface area contributed by atoms with Gasteiger partial charge in [0.2, 0.25) is 0 Å². The molecule has 0 saturated carbocycles. The van der Waals surface area contributed by atoms with Crippen LogP contribution in [0.2, 0.25) is 5.02 Å². The van der Waals surface area contributed by atoms with E-state index in [0.717, 1.165) is 38.8 Å². The lowest BCUT2D eigenvalue weighted by Gasteiger charge is -2.10. The quantitative estimate of drug-likeness (QED) is 0.282. The van der Waals surface area contributed by atoms with Crippen LogP contribution >= 0.6 is 22.9 Å². The molecule has 0 aliphatic carbocycles. The van der Waals surface area contributed by atoms with Crippen LogP contribution in [0.5, 0.6) is 0 Å². The van der Waals surface area contributed by atoms with Gasteiger partial charge in [0, 0.05) is 39.5 Å². The van der Waals surface area contributed by atoms with Gasteiger partial charge in [-0.15, -0.1) is 11.3 Å². The van der Waals surface area contributed by atoms with Crippen molar-refractivity contribution in [1.82, 2.24) is 14.8 Å². The van der Waals surface area contributed by atoms with E-state index in [9.17, 15) is 9.59 Å². The average molecular weight is 505 g/mol. The molecule has 1 N–H and O–H groups in total. The summed E-state index contributed by atoms with van der Waals surface area (Å²) in [5.41, 5.74) is 4.25. The molecule has 0 aliphatic heterocycles. The molecular weight excluding hydrogens is 484 g/mol. The van der Waals surface area contributed by atoms with E-state index in [1.54, 1.807) is 24.3 Å². The second-order valence-corrected chi connectivity index (χ2v) is 9.39. The first-order valence-electron chi connectivity index (χ1n) is 11.0. The number of hydrogen-bond donors (Lipinski definition) is 1. The van der Waals surface area contributed by atoms with E-state index in [2.05, 4.69) is 10.4 Å². The van der Waals surface area contributed by atoms with Crippen LogP contribution in [-0.2, 0) is 11.3 Å². The number of aryl methyl sites for hydroxylation is 2. The van der Waals surface area contributed by atoms with E-state index in [0.29, 0.717) is 26.8 Å². The smallest absolute Gasteiger partial charge is 0.349 e. The number of halogens is 1. The maximum absolute atomic E-state index is 13.5. The number of anilines is 1. The molecule has 1 amide bonds. The number of hydrogen-bond acceptors (Lipinski definition) is 6. The van der Waals surface area contributed by atoms with Crippen molar-refractivity contribution in [2.24, 2.45) is 0 Å². The minimum atomic E-state index is -0.487. The van der Waals surface area contributed by atoms with Crippen molar-refractivity contribution in [3.8, 4) is 11.3 Å². The lowest BCUT2D eigenvalue weighted by molar-refractivity contribution is 0.0606. The Bertz CT molecular complexity index is 1620. The van der Waals surface area contributed by atoms with Gasteiger partial charge in [0.15, 0.2) is 0 Å². The van der Waals surface area contributed by atoms with Crippen molar-refractivity contribution >= 4 is 61.5 Å². The number of carbonyl (C=O) groups excluding carboxylic acids is 2. The number of ether oxygens (including phenoxy) is 1. The lowest BCUT2D eigenvalue weighted by Crippen LogP contribution is -2.13. The van der Waals surface area contributed by atoms with Crippen molar-refractivity contribution in [2.75, 3.05) is 12.4 Å². The Kier molecular flexibility index (Phi) is 6.00. The highest BCUT2D eigenvalue weighted by atomic mass is 35.5. The van der Waals surface area contributed by atoms with E-state index in [4.69, 9.17) is 21.3 Å². The van der Waals surface area contributed by atoms with Crippen molar-refractivity contribution in [1.29, 1.82) is 0 Å². The molecule has 0 bridgehead atoms. The van der Waals surface area contributed by atoms with Crippen molar-refractivity contribution in [3.05, 3.63) is 75.9 Å². The van der Waals surface area contributed by atoms with E-state index in [-0.39, 0.29) is 5.91 Å². The minimum absolute atomic E-state index is 0.263. The summed E-state index contributed by atoms with van der Waals surface area (Å²) >= 11 is 7.58. The molecule has 2 aromatic carbocycles. The van der Waals surface area contributed by atoms with Crippen molar-refractivity contribution in [3.63, 3.8) is 0 Å². The number of nitrogens with one attached hydrogen (secondary N) is 1. The van der Waals surface area contributed by atoms with Crippen LogP contribution in [-0.4, -0.2) is 33.8 Å². The highest BCUT2D eigenvalue weighted by molar-refractivity contribution is 7.21. The van der Waals surface area contributed by atoms with Crippen LogP contribution in [0.15, 0.2) is 54.7 Å². The van der Waals surface area contributed by atoms with E-state index in [1.807, 2.05) is 49.0 Å². The number of pyridine rings is 1. The molecule has 3 aromatic heterocycles. The second-order valence-electron chi connectivity index (χ2n) is 7.96. The Hall–Kier alpha value is -3.75. The maximum atomic E-state index is 13.5. The van der Waals surface area contributed by atoms with E-state index < -0.39 is 5.97 Å². The number of benzene rings is 2. The van der Waals surface area contributed by atoms with Gasteiger partial charge in [-0.3, -0.25) is 9.48 Å². The van der Waals surface area contributed by atoms with Gasteiger partial charge in [-0.1, -0.05) is 29.8 Å². The standard InChI is InChI=1S/C26H21ClN4O3S/c1-4-31-13-19(14(2)30-31)21-12-18(16-7-5-6-8-20(16)29-21)25(32)28-15-9-10-17-22(11-15)35-24(23(17)27)26(33)34-3/h5-13H,4H2,1-3H3,(H,28,32). The monoisotopic (exact) mass is 504 g/mol. The summed E-state index contributed by atoms with van der Waals surface area (Å²) in [5.74, 6) is -0.750. The van der Waals surface area contributed by atoms with Crippen LogP contribution in [0.4, 0.5) is 5.69 Å². The lowest BCUT2D eigenvalue weighted by atomic mass is 10.0. The number of methoxy groups -OCH3 is 1. The third-order valence-electron chi connectivity index (χ3n) is 5.77. The molecule has 9 heteroatoms. The largest absolute Gasteiger partial charge is 0.465 e. The SMILES string of the molecule is CCn1cc(-c2cc(C(=O)Nc3ccc4c(Cl)c(C(=O)OC)sc4c3)c3ccccc3n2)c(C)n1. The Morgan fingerprint density at radius 2 is 1.94 bits per heavy atom. The number of para-hydroxylation sites is 1. The summed E-state index contributed by atoms with van der Waals surface area (Å²) in [5, 5.41) is 9.34. The van der Waals surface area contributed by atoms with Crippen LogP contribution in [0.25, 0.3) is 32.2 Å².